The number of rotatable bonds is 5. The van der Waals surface area contributed by atoms with Crippen molar-refractivity contribution in [3.63, 3.8) is 0 Å². The quantitative estimate of drug-likeness (QED) is 0.479. The molecule has 0 radical (unpaired) electrons. The second-order valence-electron chi connectivity index (χ2n) is 6.70. The van der Waals surface area contributed by atoms with E-state index in [0.717, 1.165) is 22.7 Å². The van der Waals surface area contributed by atoms with Crippen LogP contribution in [0.2, 0.25) is 0 Å². The fraction of sp³-hybridized carbons (Fsp3) is 0.136. The lowest BCUT2D eigenvalue weighted by molar-refractivity contribution is 0.400. The van der Waals surface area contributed by atoms with E-state index in [0.29, 0.717) is 17.6 Å². The van der Waals surface area contributed by atoms with Crippen molar-refractivity contribution in [3.05, 3.63) is 77.6 Å². The normalized spacial score (nSPS) is 10.7. The first-order valence-electron chi connectivity index (χ1n) is 9.06. The molecule has 2 heterocycles. The van der Waals surface area contributed by atoms with Crippen LogP contribution in [-0.4, -0.2) is 15.1 Å². The van der Waals surface area contributed by atoms with Gasteiger partial charge in [0, 0.05) is 23.4 Å². The van der Waals surface area contributed by atoms with E-state index in [9.17, 15) is 0 Å². The van der Waals surface area contributed by atoms with Crippen LogP contribution in [0.5, 0.6) is 0 Å². The fourth-order valence-corrected chi connectivity index (χ4v) is 2.83. The van der Waals surface area contributed by atoms with E-state index < -0.39 is 0 Å². The molecule has 0 bridgehead atoms. The Balaban J connectivity index is 1.71. The van der Waals surface area contributed by atoms with Crippen LogP contribution in [-0.2, 0) is 0 Å². The molecule has 0 aliphatic rings. The molecular formula is C22H21N5O. The second-order valence-corrected chi connectivity index (χ2v) is 6.70. The number of aromatic nitrogens is 3. The Kier molecular flexibility index (Phi) is 4.76. The maximum atomic E-state index is 5.13. The molecule has 4 rings (SSSR count). The van der Waals surface area contributed by atoms with Gasteiger partial charge in [-0.25, -0.2) is 4.98 Å². The monoisotopic (exact) mass is 371 g/mol. The Labute approximate surface area is 163 Å². The standard InChI is InChI=1S/C22H21N5O/c1-14-9-10-18(11-15(14)2)23-22-24-19(17-7-5-4-6-8-17)13-20(26-22)25-21-12-16(3)28-27-21/h4-13H,1-3H3,(H2,23,24,25,26,27). The molecule has 28 heavy (non-hydrogen) atoms. The predicted octanol–water partition coefficient (Wildman–Crippen LogP) is 5.54. The largest absolute Gasteiger partial charge is 0.360 e. The molecule has 6 nitrogen and oxygen atoms in total. The summed E-state index contributed by atoms with van der Waals surface area (Å²) in [4.78, 5) is 9.29. The molecule has 2 N–H and O–H groups in total. The smallest absolute Gasteiger partial charge is 0.229 e. The lowest BCUT2D eigenvalue weighted by Gasteiger charge is -2.11. The van der Waals surface area contributed by atoms with Crippen LogP contribution in [0.4, 0.5) is 23.3 Å². The Bertz CT molecular complexity index is 1110. The number of hydrogen-bond donors (Lipinski definition) is 2. The van der Waals surface area contributed by atoms with Crippen molar-refractivity contribution in [1.82, 2.24) is 15.1 Å². The SMILES string of the molecule is Cc1cc(Nc2cc(-c3ccccc3)nc(Nc3ccc(C)c(C)c3)n2)no1. The summed E-state index contributed by atoms with van der Waals surface area (Å²) in [7, 11) is 0. The molecule has 0 saturated heterocycles. The van der Waals surface area contributed by atoms with E-state index >= 15 is 0 Å². The van der Waals surface area contributed by atoms with Gasteiger partial charge in [0.15, 0.2) is 5.82 Å². The maximum absolute atomic E-state index is 5.13. The third kappa shape index (κ3) is 4.01. The van der Waals surface area contributed by atoms with Gasteiger partial charge in [-0.1, -0.05) is 41.6 Å². The van der Waals surface area contributed by atoms with Crippen molar-refractivity contribution >= 4 is 23.3 Å². The summed E-state index contributed by atoms with van der Waals surface area (Å²) in [6.45, 7) is 6.02. The molecule has 0 amide bonds. The third-order valence-electron chi connectivity index (χ3n) is 4.44. The van der Waals surface area contributed by atoms with Gasteiger partial charge in [-0.3, -0.25) is 0 Å². The van der Waals surface area contributed by atoms with Crippen LogP contribution in [0.25, 0.3) is 11.3 Å². The Morgan fingerprint density at radius 1 is 0.750 bits per heavy atom. The zero-order valence-corrected chi connectivity index (χ0v) is 16.0. The molecule has 4 aromatic rings. The van der Waals surface area contributed by atoms with Gasteiger partial charge in [0.25, 0.3) is 0 Å². The lowest BCUT2D eigenvalue weighted by Crippen LogP contribution is -2.03. The van der Waals surface area contributed by atoms with Gasteiger partial charge in [-0.05, 0) is 44.0 Å². The molecule has 140 valence electrons. The van der Waals surface area contributed by atoms with Crippen LogP contribution in [0.15, 0.2) is 65.2 Å². The first-order chi connectivity index (χ1) is 13.6. The second kappa shape index (κ2) is 7.52. The first kappa shape index (κ1) is 17.7. The van der Waals surface area contributed by atoms with E-state index in [1.165, 1.54) is 11.1 Å². The zero-order chi connectivity index (χ0) is 19.5. The molecule has 0 saturated carbocycles. The zero-order valence-electron chi connectivity index (χ0n) is 16.0. The van der Waals surface area contributed by atoms with E-state index in [1.807, 2.05) is 55.5 Å². The fourth-order valence-electron chi connectivity index (χ4n) is 2.83. The number of benzene rings is 2. The van der Waals surface area contributed by atoms with Crippen molar-refractivity contribution in [2.24, 2.45) is 0 Å². The van der Waals surface area contributed by atoms with E-state index in [2.05, 4.69) is 46.8 Å². The Morgan fingerprint density at radius 3 is 2.29 bits per heavy atom. The Morgan fingerprint density at radius 2 is 1.57 bits per heavy atom. The molecule has 2 aromatic heterocycles. The van der Waals surface area contributed by atoms with Crippen LogP contribution < -0.4 is 10.6 Å². The van der Waals surface area contributed by atoms with Gasteiger partial charge in [0.2, 0.25) is 5.95 Å². The number of aryl methyl sites for hydroxylation is 3. The molecule has 6 heteroatoms. The number of hydrogen-bond acceptors (Lipinski definition) is 6. The third-order valence-corrected chi connectivity index (χ3v) is 4.44. The minimum absolute atomic E-state index is 0.507. The molecule has 0 fully saturated rings. The van der Waals surface area contributed by atoms with Gasteiger partial charge in [0.05, 0.1) is 5.69 Å². The van der Waals surface area contributed by atoms with Crippen molar-refractivity contribution in [2.45, 2.75) is 20.8 Å². The summed E-state index contributed by atoms with van der Waals surface area (Å²) in [5.41, 5.74) is 5.21. The van der Waals surface area contributed by atoms with Crippen LogP contribution in [0, 0.1) is 20.8 Å². The highest BCUT2D eigenvalue weighted by Crippen LogP contribution is 2.25. The van der Waals surface area contributed by atoms with Gasteiger partial charge < -0.3 is 15.2 Å². The van der Waals surface area contributed by atoms with Gasteiger partial charge in [-0.2, -0.15) is 4.98 Å². The van der Waals surface area contributed by atoms with Gasteiger partial charge in [-0.15, -0.1) is 0 Å². The molecule has 0 aliphatic heterocycles. The van der Waals surface area contributed by atoms with Crippen molar-refractivity contribution < 1.29 is 4.52 Å². The van der Waals surface area contributed by atoms with E-state index in [4.69, 9.17) is 9.51 Å². The van der Waals surface area contributed by atoms with E-state index in [1.54, 1.807) is 0 Å². The maximum Gasteiger partial charge on any atom is 0.229 e. The average Bonchev–Trinajstić information content (AvgIpc) is 3.10. The molecular weight excluding hydrogens is 350 g/mol. The molecule has 0 atom stereocenters. The lowest BCUT2D eigenvalue weighted by atomic mass is 10.1. The number of nitrogens with one attached hydrogen (secondary N) is 2. The van der Waals surface area contributed by atoms with Crippen LogP contribution >= 0.6 is 0 Å². The van der Waals surface area contributed by atoms with Crippen LogP contribution in [0.1, 0.15) is 16.9 Å². The van der Waals surface area contributed by atoms with Gasteiger partial charge in [0.1, 0.15) is 11.6 Å². The minimum atomic E-state index is 0.507. The Hall–Kier alpha value is -3.67. The average molecular weight is 371 g/mol. The summed E-state index contributed by atoms with van der Waals surface area (Å²) >= 11 is 0. The predicted molar refractivity (Wildman–Crippen MR) is 111 cm³/mol. The van der Waals surface area contributed by atoms with Crippen molar-refractivity contribution in [1.29, 1.82) is 0 Å². The summed E-state index contributed by atoms with van der Waals surface area (Å²) in [6, 6.07) is 19.9. The minimum Gasteiger partial charge on any atom is -0.360 e. The summed E-state index contributed by atoms with van der Waals surface area (Å²) in [5, 5.41) is 10.5. The molecule has 0 spiro atoms. The van der Waals surface area contributed by atoms with Crippen molar-refractivity contribution in [3.8, 4) is 11.3 Å². The first-order valence-corrected chi connectivity index (χ1v) is 9.06. The number of anilines is 4. The van der Waals surface area contributed by atoms with Crippen LogP contribution in [0.3, 0.4) is 0 Å². The molecule has 2 aromatic carbocycles. The highest BCUT2D eigenvalue weighted by Gasteiger charge is 2.10. The molecule has 0 unspecified atom stereocenters. The summed E-state index contributed by atoms with van der Waals surface area (Å²) in [5.74, 6) is 2.47. The van der Waals surface area contributed by atoms with Gasteiger partial charge >= 0.3 is 0 Å². The van der Waals surface area contributed by atoms with E-state index in [-0.39, 0.29) is 0 Å². The highest BCUT2D eigenvalue weighted by molar-refractivity contribution is 5.68. The highest BCUT2D eigenvalue weighted by atomic mass is 16.5. The summed E-state index contributed by atoms with van der Waals surface area (Å²) in [6.07, 6.45) is 0. The number of nitrogens with zero attached hydrogens (tertiary/aromatic N) is 3. The topological polar surface area (TPSA) is 75.9 Å². The summed E-state index contributed by atoms with van der Waals surface area (Å²) < 4.78 is 5.13. The molecule has 0 aliphatic carbocycles. The van der Waals surface area contributed by atoms with Crippen molar-refractivity contribution in [2.75, 3.05) is 10.6 Å².